The molecule has 0 N–H and O–H groups in total. The van der Waals surface area contributed by atoms with Crippen molar-refractivity contribution < 1.29 is 4.74 Å². The van der Waals surface area contributed by atoms with Crippen LogP contribution >= 0.6 is 22.6 Å². The molecule has 1 heterocycles. The minimum absolute atomic E-state index is 0.452. The highest BCUT2D eigenvalue weighted by atomic mass is 127. The molecule has 0 aliphatic heterocycles. The molecule has 1 aromatic rings. The van der Waals surface area contributed by atoms with E-state index in [1.165, 1.54) is 15.7 Å². The highest BCUT2D eigenvalue weighted by molar-refractivity contribution is 14.1. The molecule has 0 aliphatic rings. The summed E-state index contributed by atoms with van der Waals surface area (Å²) < 4.78 is 8.96. The Morgan fingerprint density at radius 3 is 2.88 bits per heavy atom. The summed E-state index contributed by atoms with van der Waals surface area (Å²) in [4.78, 5) is 0. The molecule has 0 amide bonds. The van der Waals surface area contributed by atoms with Gasteiger partial charge in [-0.1, -0.05) is 20.3 Å². The van der Waals surface area contributed by atoms with Gasteiger partial charge in [-0.05, 0) is 42.4 Å². The van der Waals surface area contributed by atoms with Crippen molar-refractivity contribution in [2.45, 2.75) is 52.7 Å². The largest absolute Gasteiger partial charge is 0.375 e. The van der Waals surface area contributed by atoms with Crippen LogP contribution in [-0.4, -0.2) is 16.4 Å². The molecule has 1 aromatic heterocycles. The van der Waals surface area contributed by atoms with Crippen LogP contribution < -0.4 is 0 Å². The van der Waals surface area contributed by atoms with Gasteiger partial charge in [0.15, 0.2) is 0 Å². The lowest BCUT2D eigenvalue weighted by Crippen LogP contribution is -2.11. The van der Waals surface area contributed by atoms with E-state index in [2.05, 4.69) is 53.1 Å². The first-order valence-corrected chi connectivity index (χ1v) is 7.08. The van der Waals surface area contributed by atoms with Crippen molar-refractivity contribution in [2.75, 3.05) is 6.61 Å². The van der Waals surface area contributed by atoms with Gasteiger partial charge in [0.05, 0.1) is 22.1 Å². The lowest BCUT2D eigenvalue weighted by atomic mass is 10.2. The van der Waals surface area contributed by atoms with Crippen LogP contribution in [0.4, 0.5) is 0 Å². The summed E-state index contributed by atoms with van der Waals surface area (Å²) in [7, 11) is 0. The maximum absolute atomic E-state index is 5.67. The molecule has 0 spiro atoms. The Hall–Kier alpha value is -0.100. The van der Waals surface area contributed by atoms with Gasteiger partial charge in [0.25, 0.3) is 0 Å². The minimum Gasteiger partial charge on any atom is -0.375 e. The molecule has 1 rings (SSSR count). The van der Waals surface area contributed by atoms with Crippen molar-refractivity contribution in [3.05, 3.63) is 15.5 Å². The highest BCUT2D eigenvalue weighted by Crippen LogP contribution is 2.19. The van der Waals surface area contributed by atoms with Gasteiger partial charge in [-0.15, -0.1) is 0 Å². The van der Waals surface area contributed by atoms with Crippen LogP contribution in [0.25, 0.3) is 0 Å². The summed E-state index contributed by atoms with van der Waals surface area (Å²) in [5.74, 6) is 0. The van der Waals surface area contributed by atoms with Crippen LogP contribution in [-0.2, 0) is 11.3 Å². The van der Waals surface area contributed by atoms with Crippen LogP contribution in [0, 0.1) is 3.57 Å². The number of nitrogens with zero attached hydrogens (tertiary/aromatic N) is 2. The molecule has 0 bridgehead atoms. The monoisotopic (exact) mass is 336 g/mol. The Morgan fingerprint density at radius 2 is 2.25 bits per heavy atom. The number of rotatable bonds is 7. The highest BCUT2D eigenvalue weighted by Gasteiger charge is 2.12. The van der Waals surface area contributed by atoms with Crippen molar-refractivity contribution in [3.8, 4) is 0 Å². The molecule has 3 nitrogen and oxygen atoms in total. The zero-order valence-electron chi connectivity index (χ0n) is 10.4. The predicted octanol–water partition coefficient (Wildman–Crippen LogP) is 3.78. The molecule has 1 unspecified atom stereocenters. The fourth-order valence-corrected chi connectivity index (χ4v) is 2.00. The van der Waals surface area contributed by atoms with E-state index in [-0.39, 0.29) is 0 Å². The smallest absolute Gasteiger partial charge is 0.0895 e. The van der Waals surface area contributed by atoms with Gasteiger partial charge >= 0.3 is 0 Å². The van der Waals surface area contributed by atoms with Crippen LogP contribution in [0.1, 0.15) is 51.8 Å². The van der Waals surface area contributed by atoms with E-state index < -0.39 is 0 Å². The van der Waals surface area contributed by atoms with Crippen LogP contribution in [0.5, 0.6) is 0 Å². The number of ether oxygens (including phenoxy) is 1. The maximum Gasteiger partial charge on any atom is 0.0895 e. The number of unbranched alkanes of at least 4 members (excludes halogenated alkanes) is 1. The first-order valence-electron chi connectivity index (χ1n) is 6.00. The van der Waals surface area contributed by atoms with E-state index in [1.54, 1.807) is 0 Å². The minimum atomic E-state index is 0.452. The Kier molecular flexibility index (Phi) is 6.34. The maximum atomic E-state index is 5.67. The molecule has 0 aromatic carbocycles. The SMILES string of the molecule is CCCCOCc1c(I)cnn1C(C)CC. The van der Waals surface area contributed by atoms with Gasteiger partial charge in [0, 0.05) is 12.6 Å². The van der Waals surface area contributed by atoms with E-state index in [0.717, 1.165) is 19.4 Å². The number of aromatic nitrogens is 2. The summed E-state index contributed by atoms with van der Waals surface area (Å²) in [6.07, 6.45) is 5.33. The Bertz CT molecular complexity index is 312. The van der Waals surface area contributed by atoms with Crippen molar-refractivity contribution in [1.82, 2.24) is 9.78 Å². The van der Waals surface area contributed by atoms with Gasteiger partial charge in [-0.3, -0.25) is 4.68 Å². The topological polar surface area (TPSA) is 27.1 Å². The fraction of sp³-hybridized carbons (Fsp3) is 0.750. The summed E-state index contributed by atoms with van der Waals surface area (Å²) in [5, 5.41) is 4.41. The van der Waals surface area contributed by atoms with Crippen molar-refractivity contribution >= 4 is 22.6 Å². The predicted molar refractivity (Wildman–Crippen MR) is 74.5 cm³/mol. The Labute approximate surface area is 112 Å². The second-order valence-electron chi connectivity index (χ2n) is 4.05. The molecule has 0 aliphatic carbocycles. The average Bonchev–Trinajstić information content (AvgIpc) is 2.65. The third kappa shape index (κ3) is 3.73. The molecular weight excluding hydrogens is 315 g/mol. The number of hydrogen-bond acceptors (Lipinski definition) is 2. The lowest BCUT2D eigenvalue weighted by molar-refractivity contribution is 0.110. The number of hydrogen-bond donors (Lipinski definition) is 0. The van der Waals surface area contributed by atoms with Crippen LogP contribution in [0.15, 0.2) is 6.20 Å². The summed E-state index contributed by atoms with van der Waals surface area (Å²) >= 11 is 2.33. The summed E-state index contributed by atoms with van der Waals surface area (Å²) in [6, 6.07) is 0.452. The van der Waals surface area contributed by atoms with Gasteiger partial charge < -0.3 is 4.74 Å². The van der Waals surface area contributed by atoms with E-state index >= 15 is 0 Å². The molecule has 1 atom stereocenters. The van der Waals surface area contributed by atoms with Crippen molar-refractivity contribution in [2.24, 2.45) is 0 Å². The van der Waals surface area contributed by atoms with E-state index in [9.17, 15) is 0 Å². The first kappa shape index (κ1) is 14.0. The normalized spacial score (nSPS) is 13.0. The fourth-order valence-electron chi connectivity index (χ4n) is 1.47. The van der Waals surface area contributed by atoms with Crippen LogP contribution in [0.3, 0.4) is 0 Å². The summed E-state index contributed by atoms with van der Waals surface area (Å²) in [6.45, 7) is 8.08. The summed E-state index contributed by atoms with van der Waals surface area (Å²) in [5.41, 5.74) is 1.21. The second-order valence-corrected chi connectivity index (χ2v) is 5.21. The third-order valence-electron chi connectivity index (χ3n) is 2.74. The average molecular weight is 336 g/mol. The number of halogens is 1. The molecule has 92 valence electrons. The molecule has 0 radical (unpaired) electrons. The zero-order chi connectivity index (χ0) is 12.0. The zero-order valence-corrected chi connectivity index (χ0v) is 12.5. The second kappa shape index (κ2) is 7.27. The molecule has 0 saturated carbocycles. The molecule has 0 saturated heterocycles. The van der Waals surface area contributed by atoms with Gasteiger partial charge in [-0.25, -0.2) is 0 Å². The lowest BCUT2D eigenvalue weighted by Gasteiger charge is -2.14. The van der Waals surface area contributed by atoms with Gasteiger partial charge in [0.1, 0.15) is 0 Å². The Morgan fingerprint density at radius 1 is 1.50 bits per heavy atom. The van der Waals surface area contributed by atoms with Crippen molar-refractivity contribution in [1.29, 1.82) is 0 Å². The molecular formula is C12H21IN2O. The third-order valence-corrected chi connectivity index (χ3v) is 3.64. The quantitative estimate of drug-likeness (QED) is 0.560. The van der Waals surface area contributed by atoms with Crippen LogP contribution in [0.2, 0.25) is 0 Å². The van der Waals surface area contributed by atoms with E-state index in [4.69, 9.17) is 4.74 Å². The molecule has 0 fully saturated rings. The van der Waals surface area contributed by atoms with E-state index in [1.807, 2.05) is 6.20 Å². The van der Waals surface area contributed by atoms with Gasteiger partial charge in [-0.2, -0.15) is 5.10 Å². The standard InChI is InChI=1S/C12H21IN2O/c1-4-6-7-16-9-12-11(13)8-14-15(12)10(3)5-2/h8,10H,4-7,9H2,1-3H3. The Balaban J connectivity index is 2.59. The first-order chi connectivity index (χ1) is 7.70. The molecule has 16 heavy (non-hydrogen) atoms. The van der Waals surface area contributed by atoms with Crippen molar-refractivity contribution in [3.63, 3.8) is 0 Å². The van der Waals surface area contributed by atoms with Gasteiger partial charge in [0.2, 0.25) is 0 Å². The van der Waals surface area contributed by atoms with E-state index in [0.29, 0.717) is 12.6 Å². The molecule has 4 heteroatoms.